The quantitative estimate of drug-likeness (QED) is 0.797. The number of carbonyl (C=O) groups is 1. The molecule has 28 heavy (non-hydrogen) atoms. The van der Waals surface area contributed by atoms with E-state index in [1.807, 2.05) is 24.3 Å². The second kappa shape index (κ2) is 9.34. The Morgan fingerprint density at radius 2 is 1.46 bits per heavy atom. The monoisotopic (exact) mass is 400 g/mol. The van der Waals surface area contributed by atoms with Crippen LogP contribution in [0.1, 0.15) is 43.7 Å². The van der Waals surface area contributed by atoms with Crippen molar-refractivity contribution in [3.63, 3.8) is 0 Å². The lowest BCUT2D eigenvalue weighted by molar-refractivity contribution is -0.115. The van der Waals surface area contributed by atoms with Gasteiger partial charge in [-0.05, 0) is 54.7 Å². The summed E-state index contributed by atoms with van der Waals surface area (Å²) in [5, 5.41) is 2.84. The summed E-state index contributed by atoms with van der Waals surface area (Å²) < 4.78 is 27.2. The number of nitrogens with zero attached hydrogens (tertiary/aromatic N) is 1. The number of anilines is 1. The van der Waals surface area contributed by atoms with Gasteiger partial charge in [-0.1, -0.05) is 44.0 Å². The predicted octanol–water partition coefficient (Wildman–Crippen LogP) is 3.99. The normalized spacial score (nSPS) is 15.8. The van der Waals surface area contributed by atoms with E-state index in [0.717, 1.165) is 37.7 Å². The van der Waals surface area contributed by atoms with Crippen LogP contribution in [0, 0.1) is 0 Å². The predicted molar refractivity (Wildman–Crippen MR) is 112 cm³/mol. The van der Waals surface area contributed by atoms with Crippen LogP contribution in [0.4, 0.5) is 5.69 Å². The standard InChI is InChI=1S/C22H28N2O3S/c1-2-18-7-9-19(10-8-18)17-22(25)23-20-11-13-21(14-12-20)28(26,27)24-15-5-3-4-6-16-24/h7-14H,2-6,15-17H2,1H3,(H,23,25). The van der Waals surface area contributed by atoms with Crippen molar-refractivity contribution in [2.75, 3.05) is 18.4 Å². The van der Waals surface area contributed by atoms with Crippen molar-refractivity contribution in [1.29, 1.82) is 0 Å². The van der Waals surface area contributed by atoms with E-state index in [2.05, 4.69) is 12.2 Å². The van der Waals surface area contributed by atoms with E-state index in [1.165, 1.54) is 5.56 Å². The molecule has 0 aromatic heterocycles. The molecule has 1 saturated heterocycles. The highest BCUT2D eigenvalue weighted by atomic mass is 32.2. The zero-order chi connectivity index (χ0) is 20.0. The number of benzene rings is 2. The molecule has 0 radical (unpaired) electrons. The van der Waals surface area contributed by atoms with Crippen molar-refractivity contribution >= 4 is 21.6 Å². The Morgan fingerprint density at radius 1 is 0.893 bits per heavy atom. The van der Waals surface area contributed by atoms with Gasteiger partial charge in [-0.25, -0.2) is 8.42 Å². The van der Waals surface area contributed by atoms with E-state index in [9.17, 15) is 13.2 Å². The summed E-state index contributed by atoms with van der Waals surface area (Å²) in [6, 6.07) is 14.5. The molecule has 3 rings (SSSR count). The lowest BCUT2D eigenvalue weighted by Crippen LogP contribution is -2.31. The fourth-order valence-corrected chi connectivity index (χ4v) is 4.94. The molecule has 0 unspecified atom stereocenters. The van der Waals surface area contributed by atoms with Crippen molar-refractivity contribution in [3.05, 3.63) is 59.7 Å². The Kier molecular flexibility index (Phi) is 6.86. The highest BCUT2D eigenvalue weighted by Gasteiger charge is 2.24. The zero-order valence-corrected chi connectivity index (χ0v) is 17.2. The first-order chi connectivity index (χ1) is 13.5. The third kappa shape index (κ3) is 5.20. The maximum atomic E-state index is 12.8. The average Bonchev–Trinajstić information content (AvgIpc) is 2.99. The molecule has 1 aliphatic rings. The minimum absolute atomic E-state index is 0.118. The van der Waals surface area contributed by atoms with Gasteiger partial charge < -0.3 is 5.32 Å². The molecule has 1 aliphatic heterocycles. The Bertz CT molecular complexity index is 882. The molecule has 5 nitrogen and oxygen atoms in total. The minimum atomic E-state index is -3.47. The van der Waals surface area contributed by atoms with Crippen LogP contribution in [0.3, 0.4) is 0 Å². The van der Waals surface area contributed by atoms with E-state index < -0.39 is 10.0 Å². The maximum absolute atomic E-state index is 12.8. The zero-order valence-electron chi connectivity index (χ0n) is 16.4. The Balaban J connectivity index is 1.62. The average molecular weight is 401 g/mol. The molecule has 150 valence electrons. The number of amides is 1. The van der Waals surface area contributed by atoms with Gasteiger partial charge in [0.15, 0.2) is 0 Å². The van der Waals surface area contributed by atoms with Crippen LogP contribution in [0.5, 0.6) is 0 Å². The minimum Gasteiger partial charge on any atom is -0.326 e. The highest BCUT2D eigenvalue weighted by molar-refractivity contribution is 7.89. The second-order valence-corrected chi connectivity index (χ2v) is 9.18. The van der Waals surface area contributed by atoms with Crippen LogP contribution >= 0.6 is 0 Å². The Hall–Kier alpha value is -2.18. The van der Waals surface area contributed by atoms with Gasteiger partial charge in [0, 0.05) is 18.8 Å². The Morgan fingerprint density at radius 3 is 2.04 bits per heavy atom. The van der Waals surface area contributed by atoms with Crippen LogP contribution in [0.15, 0.2) is 53.4 Å². The summed E-state index contributed by atoms with van der Waals surface area (Å²) in [6.07, 6.45) is 5.24. The molecule has 1 fully saturated rings. The SMILES string of the molecule is CCc1ccc(CC(=O)Nc2ccc(S(=O)(=O)N3CCCCCC3)cc2)cc1. The molecule has 1 heterocycles. The van der Waals surface area contributed by atoms with Crippen molar-refractivity contribution in [3.8, 4) is 0 Å². The van der Waals surface area contributed by atoms with E-state index in [0.29, 0.717) is 18.8 Å². The first kappa shape index (κ1) is 20.6. The van der Waals surface area contributed by atoms with Gasteiger partial charge >= 0.3 is 0 Å². The topological polar surface area (TPSA) is 66.5 Å². The molecule has 0 saturated carbocycles. The van der Waals surface area contributed by atoms with Gasteiger partial charge in [-0.3, -0.25) is 4.79 Å². The van der Waals surface area contributed by atoms with Crippen molar-refractivity contribution in [2.24, 2.45) is 0 Å². The third-order valence-corrected chi connectivity index (χ3v) is 7.05. The Labute approximate surface area is 167 Å². The van der Waals surface area contributed by atoms with Gasteiger partial charge in [0.05, 0.1) is 11.3 Å². The number of hydrogen-bond acceptors (Lipinski definition) is 3. The number of hydrogen-bond donors (Lipinski definition) is 1. The molecule has 0 aliphatic carbocycles. The number of aryl methyl sites for hydroxylation is 1. The molecule has 0 spiro atoms. The summed E-state index contributed by atoms with van der Waals surface area (Å²) in [4.78, 5) is 12.5. The van der Waals surface area contributed by atoms with E-state index in [4.69, 9.17) is 0 Å². The summed E-state index contributed by atoms with van der Waals surface area (Å²) in [5.74, 6) is -0.118. The number of rotatable bonds is 6. The van der Waals surface area contributed by atoms with Gasteiger partial charge in [-0.15, -0.1) is 0 Å². The first-order valence-electron chi connectivity index (χ1n) is 9.97. The molecule has 0 atom stereocenters. The largest absolute Gasteiger partial charge is 0.326 e. The summed E-state index contributed by atoms with van der Waals surface area (Å²) in [5.41, 5.74) is 2.80. The van der Waals surface area contributed by atoms with Crippen LogP contribution < -0.4 is 5.32 Å². The fourth-order valence-electron chi connectivity index (χ4n) is 3.42. The van der Waals surface area contributed by atoms with Crippen LogP contribution in [0.25, 0.3) is 0 Å². The number of sulfonamides is 1. The van der Waals surface area contributed by atoms with Gasteiger partial charge in [0.2, 0.25) is 15.9 Å². The highest BCUT2D eigenvalue weighted by Crippen LogP contribution is 2.22. The van der Waals surface area contributed by atoms with Crippen molar-refractivity contribution in [1.82, 2.24) is 4.31 Å². The van der Waals surface area contributed by atoms with Crippen LogP contribution in [-0.4, -0.2) is 31.7 Å². The fraction of sp³-hybridized carbons (Fsp3) is 0.409. The first-order valence-corrected chi connectivity index (χ1v) is 11.4. The number of carbonyl (C=O) groups excluding carboxylic acids is 1. The molecular formula is C22H28N2O3S. The molecule has 0 bridgehead atoms. The van der Waals surface area contributed by atoms with E-state index in [1.54, 1.807) is 28.6 Å². The summed E-state index contributed by atoms with van der Waals surface area (Å²) in [6.45, 7) is 3.26. The lowest BCUT2D eigenvalue weighted by atomic mass is 10.1. The molecule has 2 aromatic rings. The second-order valence-electron chi connectivity index (χ2n) is 7.24. The van der Waals surface area contributed by atoms with Crippen molar-refractivity contribution < 1.29 is 13.2 Å². The van der Waals surface area contributed by atoms with Gasteiger partial charge in [0.1, 0.15) is 0 Å². The van der Waals surface area contributed by atoms with Crippen LogP contribution in [0.2, 0.25) is 0 Å². The summed E-state index contributed by atoms with van der Waals surface area (Å²) >= 11 is 0. The van der Waals surface area contributed by atoms with Crippen LogP contribution in [-0.2, 0) is 27.7 Å². The molecular weight excluding hydrogens is 372 g/mol. The molecule has 6 heteroatoms. The third-order valence-electron chi connectivity index (χ3n) is 5.14. The summed E-state index contributed by atoms with van der Waals surface area (Å²) in [7, 11) is -3.47. The molecule has 1 N–H and O–H groups in total. The molecule has 1 amide bonds. The van der Waals surface area contributed by atoms with E-state index >= 15 is 0 Å². The van der Waals surface area contributed by atoms with E-state index in [-0.39, 0.29) is 17.2 Å². The number of nitrogens with one attached hydrogen (secondary N) is 1. The van der Waals surface area contributed by atoms with Gasteiger partial charge in [-0.2, -0.15) is 4.31 Å². The lowest BCUT2D eigenvalue weighted by Gasteiger charge is -2.20. The van der Waals surface area contributed by atoms with Gasteiger partial charge in [0.25, 0.3) is 0 Å². The van der Waals surface area contributed by atoms with Crippen molar-refractivity contribution in [2.45, 2.75) is 50.3 Å². The smallest absolute Gasteiger partial charge is 0.243 e. The maximum Gasteiger partial charge on any atom is 0.243 e. The molecule has 2 aromatic carbocycles.